The number of rotatable bonds is 1. The SMILES string of the molecule is CC1=C(C(C)C)CC(C)C(Cl)C(F)C1C. The standard InChI is InChI=1S/C13H22ClF/c1-7(2)11-6-8(3)12(14)13(15)10(5)9(11)4/h7-8,10,12-13H,6H2,1-5H3. The second-order valence-electron chi connectivity index (χ2n) is 5.22. The number of allylic oxidation sites excluding steroid dienone is 2. The largest absolute Gasteiger partial charge is 0.245 e. The summed E-state index contributed by atoms with van der Waals surface area (Å²) in [6, 6.07) is 0. The summed E-state index contributed by atoms with van der Waals surface area (Å²) in [5.74, 6) is 0.706. The van der Waals surface area contributed by atoms with Gasteiger partial charge in [-0.15, -0.1) is 11.6 Å². The Balaban J connectivity index is 3.05. The predicted octanol–water partition coefficient (Wildman–Crippen LogP) is 4.58. The van der Waals surface area contributed by atoms with Crippen molar-refractivity contribution in [1.29, 1.82) is 0 Å². The molecule has 1 aliphatic rings. The minimum absolute atomic E-state index is 0.0325. The van der Waals surface area contributed by atoms with E-state index in [9.17, 15) is 4.39 Å². The Morgan fingerprint density at radius 1 is 1.33 bits per heavy atom. The molecule has 0 nitrogen and oxygen atoms in total. The third-order valence-electron chi connectivity index (χ3n) is 3.75. The lowest BCUT2D eigenvalue weighted by atomic mass is 9.88. The molecule has 2 heteroatoms. The molecule has 1 aliphatic carbocycles. The molecule has 15 heavy (non-hydrogen) atoms. The maximum Gasteiger partial charge on any atom is 0.123 e. The normalized spacial score (nSPS) is 38.4. The molecule has 0 aromatic rings. The quantitative estimate of drug-likeness (QED) is 0.459. The summed E-state index contributed by atoms with van der Waals surface area (Å²) < 4.78 is 14.0. The van der Waals surface area contributed by atoms with Gasteiger partial charge in [0.05, 0.1) is 5.38 Å². The highest BCUT2D eigenvalue weighted by Crippen LogP contribution is 2.38. The van der Waals surface area contributed by atoms with Gasteiger partial charge < -0.3 is 0 Å². The first-order valence-corrected chi connectivity index (χ1v) is 6.27. The van der Waals surface area contributed by atoms with E-state index in [0.29, 0.717) is 5.92 Å². The van der Waals surface area contributed by atoms with Crippen LogP contribution < -0.4 is 0 Å². The van der Waals surface area contributed by atoms with Gasteiger partial charge in [-0.2, -0.15) is 0 Å². The van der Waals surface area contributed by atoms with E-state index in [1.807, 2.05) is 6.92 Å². The molecule has 0 aromatic carbocycles. The Morgan fingerprint density at radius 2 is 1.87 bits per heavy atom. The molecule has 0 fully saturated rings. The Kier molecular flexibility index (Phi) is 4.22. The molecule has 0 amide bonds. The van der Waals surface area contributed by atoms with E-state index < -0.39 is 6.17 Å². The average Bonchev–Trinajstić information content (AvgIpc) is 2.25. The highest BCUT2D eigenvalue weighted by atomic mass is 35.5. The third kappa shape index (κ3) is 2.55. The summed E-state index contributed by atoms with van der Waals surface area (Å²) >= 11 is 6.15. The Labute approximate surface area is 97.9 Å². The molecule has 0 bridgehead atoms. The summed E-state index contributed by atoms with van der Waals surface area (Å²) in [7, 11) is 0. The topological polar surface area (TPSA) is 0 Å². The van der Waals surface area contributed by atoms with Crippen molar-refractivity contribution in [3.05, 3.63) is 11.1 Å². The van der Waals surface area contributed by atoms with Crippen molar-refractivity contribution in [3.8, 4) is 0 Å². The van der Waals surface area contributed by atoms with Crippen LogP contribution >= 0.6 is 11.6 Å². The lowest BCUT2D eigenvalue weighted by Gasteiger charge is -2.22. The van der Waals surface area contributed by atoms with E-state index in [1.54, 1.807) is 0 Å². The van der Waals surface area contributed by atoms with Crippen molar-refractivity contribution in [2.75, 3.05) is 0 Å². The third-order valence-corrected chi connectivity index (χ3v) is 4.42. The van der Waals surface area contributed by atoms with Crippen molar-refractivity contribution in [1.82, 2.24) is 0 Å². The molecular weight excluding hydrogens is 211 g/mol. The van der Waals surface area contributed by atoms with Crippen LogP contribution in [0.25, 0.3) is 0 Å². The number of hydrogen-bond donors (Lipinski definition) is 0. The fourth-order valence-corrected chi connectivity index (χ4v) is 2.74. The molecule has 0 radical (unpaired) electrons. The fraction of sp³-hybridized carbons (Fsp3) is 0.846. The monoisotopic (exact) mass is 232 g/mol. The summed E-state index contributed by atoms with van der Waals surface area (Å²) in [6.07, 6.45) is 0.0421. The van der Waals surface area contributed by atoms with E-state index in [1.165, 1.54) is 11.1 Å². The van der Waals surface area contributed by atoms with Crippen LogP contribution in [-0.4, -0.2) is 11.5 Å². The van der Waals surface area contributed by atoms with Gasteiger partial charge in [-0.3, -0.25) is 0 Å². The van der Waals surface area contributed by atoms with Crippen LogP contribution in [-0.2, 0) is 0 Å². The van der Waals surface area contributed by atoms with Crippen molar-refractivity contribution in [3.63, 3.8) is 0 Å². The molecular formula is C13H22ClF. The van der Waals surface area contributed by atoms with E-state index in [4.69, 9.17) is 11.6 Å². The Hall–Kier alpha value is -0.0400. The van der Waals surface area contributed by atoms with Crippen LogP contribution in [0.3, 0.4) is 0 Å². The average molecular weight is 233 g/mol. The van der Waals surface area contributed by atoms with Gasteiger partial charge in [-0.25, -0.2) is 4.39 Å². The molecule has 0 N–H and O–H groups in total. The zero-order chi connectivity index (χ0) is 11.7. The summed E-state index contributed by atoms with van der Waals surface area (Å²) in [4.78, 5) is 0. The molecule has 0 aliphatic heterocycles. The van der Waals surface area contributed by atoms with E-state index >= 15 is 0 Å². The minimum atomic E-state index is -0.905. The van der Waals surface area contributed by atoms with Crippen molar-refractivity contribution >= 4 is 11.6 Å². The van der Waals surface area contributed by atoms with E-state index in [0.717, 1.165) is 6.42 Å². The second-order valence-corrected chi connectivity index (χ2v) is 5.73. The van der Waals surface area contributed by atoms with Gasteiger partial charge >= 0.3 is 0 Å². The molecule has 0 spiro atoms. The highest BCUT2D eigenvalue weighted by Gasteiger charge is 2.35. The summed E-state index contributed by atoms with van der Waals surface area (Å²) in [5, 5.41) is -0.341. The number of alkyl halides is 2. The molecule has 0 heterocycles. The van der Waals surface area contributed by atoms with Crippen LogP contribution in [0.15, 0.2) is 11.1 Å². The smallest absolute Gasteiger partial charge is 0.123 e. The second kappa shape index (κ2) is 4.86. The van der Waals surface area contributed by atoms with Crippen molar-refractivity contribution < 1.29 is 4.39 Å². The van der Waals surface area contributed by atoms with Gasteiger partial charge in [0.15, 0.2) is 0 Å². The van der Waals surface area contributed by atoms with Crippen LogP contribution in [0, 0.1) is 17.8 Å². The van der Waals surface area contributed by atoms with Crippen LogP contribution in [0.4, 0.5) is 4.39 Å². The Morgan fingerprint density at radius 3 is 2.33 bits per heavy atom. The van der Waals surface area contributed by atoms with Crippen LogP contribution in [0.2, 0.25) is 0 Å². The summed E-state index contributed by atoms with van der Waals surface area (Å²) in [5.41, 5.74) is 2.62. The molecule has 0 saturated carbocycles. The van der Waals surface area contributed by atoms with Crippen LogP contribution in [0.1, 0.15) is 41.0 Å². The van der Waals surface area contributed by atoms with E-state index in [-0.39, 0.29) is 17.2 Å². The molecule has 0 aromatic heterocycles. The Bertz CT molecular complexity index is 257. The fourth-order valence-electron chi connectivity index (χ4n) is 2.43. The van der Waals surface area contributed by atoms with Gasteiger partial charge in [-0.05, 0) is 25.2 Å². The number of hydrogen-bond acceptors (Lipinski definition) is 0. The zero-order valence-electron chi connectivity index (χ0n) is 10.3. The van der Waals surface area contributed by atoms with Gasteiger partial charge in [0, 0.05) is 5.92 Å². The maximum atomic E-state index is 14.0. The van der Waals surface area contributed by atoms with Gasteiger partial charge in [0.2, 0.25) is 0 Å². The highest BCUT2D eigenvalue weighted by molar-refractivity contribution is 6.21. The minimum Gasteiger partial charge on any atom is -0.245 e. The van der Waals surface area contributed by atoms with Crippen molar-refractivity contribution in [2.45, 2.75) is 52.6 Å². The van der Waals surface area contributed by atoms with Gasteiger partial charge in [-0.1, -0.05) is 38.8 Å². The molecule has 0 saturated heterocycles. The predicted molar refractivity (Wildman–Crippen MR) is 65.0 cm³/mol. The first-order valence-electron chi connectivity index (χ1n) is 5.83. The number of halogens is 2. The van der Waals surface area contributed by atoms with Gasteiger partial charge in [0.1, 0.15) is 6.17 Å². The van der Waals surface area contributed by atoms with Gasteiger partial charge in [0.25, 0.3) is 0 Å². The lowest BCUT2D eigenvalue weighted by Crippen LogP contribution is -2.27. The maximum absolute atomic E-state index is 14.0. The lowest BCUT2D eigenvalue weighted by molar-refractivity contribution is 0.235. The summed E-state index contributed by atoms with van der Waals surface area (Å²) in [6.45, 7) is 10.4. The first-order chi connectivity index (χ1) is 6.86. The van der Waals surface area contributed by atoms with E-state index in [2.05, 4.69) is 27.7 Å². The molecule has 88 valence electrons. The van der Waals surface area contributed by atoms with Crippen LogP contribution in [0.5, 0.6) is 0 Å². The molecule has 1 rings (SSSR count). The van der Waals surface area contributed by atoms with Crippen molar-refractivity contribution in [2.24, 2.45) is 17.8 Å². The molecule has 4 unspecified atom stereocenters. The first kappa shape index (κ1) is 13.0. The molecule has 4 atom stereocenters. The zero-order valence-corrected chi connectivity index (χ0v) is 11.1.